The Bertz CT molecular complexity index is 1050. The monoisotopic (exact) mass is 408 g/mol. The highest BCUT2D eigenvalue weighted by molar-refractivity contribution is 6.08. The third-order valence-corrected chi connectivity index (χ3v) is 5.73. The van der Waals surface area contributed by atoms with Gasteiger partial charge >= 0.3 is 0 Å². The maximum atomic E-state index is 14.7. The van der Waals surface area contributed by atoms with E-state index in [1.54, 1.807) is 6.92 Å². The van der Waals surface area contributed by atoms with Crippen LogP contribution in [0, 0.1) is 5.82 Å². The van der Waals surface area contributed by atoms with Gasteiger partial charge in [-0.05, 0) is 36.6 Å². The van der Waals surface area contributed by atoms with Crippen molar-refractivity contribution >= 4 is 23.4 Å². The van der Waals surface area contributed by atoms with Crippen LogP contribution in [0.4, 0.5) is 4.39 Å². The number of nitrogens with zero attached hydrogens (tertiary/aromatic N) is 1. The van der Waals surface area contributed by atoms with Crippen LogP contribution in [0.3, 0.4) is 0 Å². The molecule has 4 rings (SSSR count). The van der Waals surface area contributed by atoms with Crippen LogP contribution in [0.1, 0.15) is 64.1 Å². The van der Waals surface area contributed by atoms with Gasteiger partial charge in [0.2, 0.25) is 0 Å². The summed E-state index contributed by atoms with van der Waals surface area (Å²) < 4.78 is 14.7. The zero-order valence-electron chi connectivity index (χ0n) is 16.5. The molecule has 0 aromatic heterocycles. The summed E-state index contributed by atoms with van der Waals surface area (Å²) in [4.78, 5) is 50.5. The Morgan fingerprint density at radius 1 is 1.17 bits per heavy atom. The Kier molecular flexibility index (Phi) is 5.20. The Morgan fingerprint density at radius 3 is 2.60 bits per heavy atom. The molecule has 2 aromatic rings. The summed E-state index contributed by atoms with van der Waals surface area (Å²) in [5.74, 6) is -2.22. The molecule has 1 unspecified atom stereocenters. The predicted molar refractivity (Wildman–Crippen MR) is 106 cm³/mol. The quantitative estimate of drug-likeness (QED) is 0.789. The zero-order chi connectivity index (χ0) is 21.4. The standard InChI is InChI=1S/C23H21FN2O4/c1-13(14-5-3-2-4-6-14)25-22(29)18-9-15-12-26(23(30)17(15)11-19(18)24)20-8-7-16(27)10-21(20)28/h2-6,9,11,13,20H,7-8,10,12H2,1H3,(H,25,29)/t13-,20?/m0/s1. The molecule has 1 saturated carbocycles. The highest BCUT2D eigenvalue weighted by Crippen LogP contribution is 2.30. The molecule has 0 spiro atoms. The maximum Gasteiger partial charge on any atom is 0.255 e. The van der Waals surface area contributed by atoms with Gasteiger partial charge in [0.05, 0.1) is 24.1 Å². The smallest absolute Gasteiger partial charge is 0.255 e. The molecule has 0 radical (unpaired) electrons. The summed E-state index contributed by atoms with van der Waals surface area (Å²) in [6, 6.07) is 10.8. The van der Waals surface area contributed by atoms with Gasteiger partial charge in [0.25, 0.3) is 11.8 Å². The van der Waals surface area contributed by atoms with E-state index in [4.69, 9.17) is 0 Å². The van der Waals surface area contributed by atoms with Gasteiger partial charge in [0.15, 0.2) is 5.78 Å². The van der Waals surface area contributed by atoms with Crippen LogP contribution < -0.4 is 5.32 Å². The van der Waals surface area contributed by atoms with Gasteiger partial charge in [-0.25, -0.2) is 4.39 Å². The van der Waals surface area contributed by atoms with Crippen LogP contribution >= 0.6 is 0 Å². The molecule has 1 fully saturated rings. The van der Waals surface area contributed by atoms with Gasteiger partial charge in [-0.3, -0.25) is 19.2 Å². The Balaban J connectivity index is 1.54. The molecule has 2 amide bonds. The third kappa shape index (κ3) is 3.63. The largest absolute Gasteiger partial charge is 0.345 e. The number of Topliss-reactive ketones (excluding diaryl/α,β-unsaturated/α-hetero) is 2. The topological polar surface area (TPSA) is 83.6 Å². The fraction of sp³-hybridized carbons (Fsp3) is 0.304. The molecule has 1 heterocycles. The Morgan fingerprint density at radius 2 is 1.90 bits per heavy atom. The molecule has 0 bridgehead atoms. The number of halogens is 1. The van der Waals surface area contributed by atoms with E-state index in [1.165, 1.54) is 11.0 Å². The lowest BCUT2D eigenvalue weighted by Gasteiger charge is -2.29. The van der Waals surface area contributed by atoms with E-state index in [0.717, 1.165) is 11.6 Å². The van der Waals surface area contributed by atoms with E-state index in [9.17, 15) is 23.6 Å². The average Bonchev–Trinajstić information content (AvgIpc) is 3.03. The first-order valence-corrected chi connectivity index (χ1v) is 9.88. The molecule has 1 aliphatic heterocycles. The second-order valence-electron chi connectivity index (χ2n) is 7.76. The van der Waals surface area contributed by atoms with Crippen LogP contribution in [0.15, 0.2) is 42.5 Å². The van der Waals surface area contributed by atoms with Gasteiger partial charge in [-0.1, -0.05) is 30.3 Å². The second-order valence-corrected chi connectivity index (χ2v) is 7.76. The van der Waals surface area contributed by atoms with Gasteiger partial charge < -0.3 is 10.2 Å². The molecule has 1 N–H and O–H groups in total. The van der Waals surface area contributed by atoms with E-state index < -0.39 is 23.7 Å². The first-order valence-electron chi connectivity index (χ1n) is 9.88. The van der Waals surface area contributed by atoms with E-state index >= 15 is 0 Å². The Hall–Kier alpha value is -3.35. The van der Waals surface area contributed by atoms with Crippen LogP contribution in [0.5, 0.6) is 0 Å². The van der Waals surface area contributed by atoms with E-state index in [0.29, 0.717) is 5.56 Å². The fourth-order valence-electron chi connectivity index (χ4n) is 4.07. The molecule has 154 valence electrons. The molecule has 0 saturated heterocycles. The lowest BCUT2D eigenvalue weighted by Crippen LogP contribution is -2.44. The van der Waals surface area contributed by atoms with Crippen molar-refractivity contribution < 1.29 is 23.6 Å². The summed E-state index contributed by atoms with van der Waals surface area (Å²) >= 11 is 0. The normalized spacial score (nSPS) is 19.6. The third-order valence-electron chi connectivity index (χ3n) is 5.73. The first-order chi connectivity index (χ1) is 14.3. The number of fused-ring (bicyclic) bond motifs is 1. The number of amides is 2. The number of rotatable bonds is 4. The van der Waals surface area contributed by atoms with Gasteiger partial charge in [0.1, 0.15) is 11.6 Å². The number of hydrogen-bond donors (Lipinski definition) is 1. The van der Waals surface area contributed by atoms with Gasteiger partial charge in [0, 0.05) is 18.5 Å². The van der Waals surface area contributed by atoms with E-state index in [-0.39, 0.29) is 54.5 Å². The minimum absolute atomic E-state index is 0.119. The molecular formula is C23H21FN2O4. The predicted octanol–water partition coefficient (Wildman–Crippen LogP) is 2.96. The van der Waals surface area contributed by atoms with Crippen molar-refractivity contribution in [2.75, 3.05) is 0 Å². The van der Waals surface area contributed by atoms with Crippen LogP contribution in [0.2, 0.25) is 0 Å². The molecule has 2 atom stereocenters. The highest BCUT2D eigenvalue weighted by Gasteiger charge is 2.39. The van der Waals surface area contributed by atoms with Crippen molar-refractivity contribution in [1.82, 2.24) is 10.2 Å². The number of carbonyl (C=O) groups excluding carboxylic acids is 4. The van der Waals surface area contributed by atoms with Crippen molar-refractivity contribution in [1.29, 1.82) is 0 Å². The molecule has 7 heteroatoms. The number of ketones is 2. The summed E-state index contributed by atoms with van der Waals surface area (Å²) in [6.45, 7) is 1.92. The highest BCUT2D eigenvalue weighted by atomic mass is 19.1. The zero-order valence-corrected chi connectivity index (χ0v) is 16.5. The molecule has 1 aliphatic carbocycles. The number of hydrogen-bond acceptors (Lipinski definition) is 4. The molecular weight excluding hydrogens is 387 g/mol. The van der Waals surface area contributed by atoms with Crippen molar-refractivity contribution in [3.63, 3.8) is 0 Å². The minimum Gasteiger partial charge on any atom is -0.345 e. The second kappa shape index (κ2) is 7.82. The summed E-state index contributed by atoms with van der Waals surface area (Å²) in [7, 11) is 0. The molecule has 2 aliphatic rings. The fourth-order valence-corrected chi connectivity index (χ4v) is 4.07. The van der Waals surface area contributed by atoms with E-state index in [1.807, 2.05) is 30.3 Å². The Labute approximate surface area is 173 Å². The van der Waals surface area contributed by atoms with Crippen LogP contribution in [-0.4, -0.2) is 34.3 Å². The number of benzene rings is 2. The SMILES string of the molecule is C[C@H](NC(=O)c1cc2c(cc1F)C(=O)N(C1CCC(=O)CC1=O)C2)c1ccccc1. The molecule has 2 aromatic carbocycles. The van der Waals surface area contributed by atoms with Gasteiger partial charge in [-0.2, -0.15) is 0 Å². The summed E-state index contributed by atoms with van der Waals surface area (Å²) in [5.41, 5.74) is 1.41. The van der Waals surface area contributed by atoms with Crippen LogP contribution in [-0.2, 0) is 16.1 Å². The maximum absolute atomic E-state index is 14.7. The lowest BCUT2D eigenvalue weighted by atomic mass is 9.92. The van der Waals surface area contributed by atoms with Crippen LogP contribution in [0.25, 0.3) is 0 Å². The minimum atomic E-state index is -0.785. The van der Waals surface area contributed by atoms with Crippen molar-refractivity contribution in [2.45, 2.75) is 44.8 Å². The number of carbonyl (C=O) groups is 4. The van der Waals surface area contributed by atoms with Crippen molar-refractivity contribution in [2.24, 2.45) is 0 Å². The first kappa shape index (κ1) is 19.9. The lowest BCUT2D eigenvalue weighted by molar-refractivity contribution is -0.133. The number of nitrogens with one attached hydrogen (secondary N) is 1. The van der Waals surface area contributed by atoms with E-state index in [2.05, 4.69) is 5.32 Å². The summed E-state index contributed by atoms with van der Waals surface area (Å²) in [5, 5.41) is 2.77. The molecule has 6 nitrogen and oxygen atoms in total. The van der Waals surface area contributed by atoms with Crippen molar-refractivity contribution in [3.05, 3.63) is 70.5 Å². The average molecular weight is 408 g/mol. The summed E-state index contributed by atoms with van der Waals surface area (Å²) in [6.07, 6.45) is 0.349. The van der Waals surface area contributed by atoms with Gasteiger partial charge in [-0.15, -0.1) is 0 Å². The molecule has 30 heavy (non-hydrogen) atoms. The van der Waals surface area contributed by atoms with Crippen molar-refractivity contribution in [3.8, 4) is 0 Å².